The van der Waals surface area contributed by atoms with Crippen molar-refractivity contribution in [1.82, 2.24) is 15.1 Å². The Morgan fingerprint density at radius 1 is 1.20 bits per heavy atom. The van der Waals surface area contributed by atoms with Crippen LogP contribution < -0.4 is 5.73 Å². The van der Waals surface area contributed by atoms with E-state index in [1.165, 1.54) is 0 Å². The molecule has 0 amide bonds. The number of hydrogen-bond donors (Lipinski definition) is 1. The quantitative estimate of drug-likeness (QED) is 0.779. The first-order valence-corrected chi connectivity index (χ1v) is 6.93. The molecule has 2 N–H and O–H groups in total. The summed E-state index contributed by atoms with van der Waals surface area (Å²) in [5, 5.41) is 5.01. The number of nitrogens with two attached hydrogens (primary N) is 1. The number of pyridine rings is 1. The lowest BCUT2D eigenvalue weighted by atomic mass is 10.1. The molecule has 0 aliphatic heterocycles. The first-order valence-electron chi connectivity index (χ1n) is 6.14. The molecule has 2 aromatic heterocycles. The molecule has 3 rings (SSSR count). The summed E-state index contributed by atoms with van der Waals surface area (Å²) >= 11 is 3.50. The van der Waals surface area contributed by atoms with Gasteiger partial charge in [0.15, 0.2) is 0 Å². The third kappa shape index (κ3) is 2.32. The standard InChI is InChI=1S/C14H13BrN4O/c1-14(2,16)13-18-12(19-20-13)11-9(15)7-8-5-3-4-6-10(8)17-11/h3-7H,16H2,1-2H3. The number of fused-ring (bicyclic) bond motifs is 1. The third-order valence-corrected chi connectivity index (χ3v) is 3.47. The molecule has 0 spiro atoms. The molecule has 0 aliphatic rings. The molecule has 5 nitrogen and oxygen atoms in total. The van der Waals surface area contributed by atoms with Gasteiger partial charge in [-0.1, -0.05) is 23.4 Å². The second-order valence-corrected chi connectivity index (χ2v) is 6.01. The van der Waals surface area contributed by atoms with Crippen LogP contribution in [-0.4, -0.2) is 15.1 Å². The molecule has 2 heterocycles. The zero-order valence-corrected chi connectivity index (χ0v) is 12.7. The van der Waals surface area contributed by atoms with Crippen LogP contribution >= 0.6 is 15.9 Å². The van der Waals surface area contributed by atoms with E-state index in [0.717, 1.165) is 15.4 Å². The highest BCUT2D eigenvalue weighted by Crippen LogP contribution is 2.28. The van der Waals surface area contributed by atoms with Crippen molar-refractivity contribution in [2.45, 2.75) is 19.4 Å². The second kappa shape index (κ2) is 4.64. The normalized spacial score (nSPS) is 12.0. The van der Waals surface area contributed by atoms with E-state index in [0.29, 0.717) is 17.4 Å². The van der Waals surface area contributed by atoms with Gasteiger partial charge in [-0.3, -0.25) is 0 Å². The summed E-state index contributed by atoms with van der Waals surface area (Å²) in [5.41, 5.74) is 6.80. The zero-order chi connectivity index (χ0) is 14.3. The number of benzene rings is 1. The van der Waals surface area contributed by atoms with Crippen LogP contribution in [0.3, 0.4) is 0 Å². The van der Waals surface area contributed by atoms with Crippen molar-refractivity contribution in [3.63, 3.8) is 0 Å². The second-order valence-electron chi connectivity index (χ2n) is 5.16. The van der Waals surface area contributed by atoms with Crippen molar-refractivity contribution in [2.24, 2.45) is 5.73 Å². The van der Waals surface area contributed by atoms with Gasteiger partial charge in [0, 0.05) is 9.86 Å². The SMILES string of the molecule is CC(C)(N)c1nc(-c2nc3ccccc3cc2Br)no1. The van der Waals surface area contributed by atoms with Gasteiger partial charge in [-0.05, 0) is 41.9 Å². The Morgan fingerprint density at radius 3 is 2.65 bits per heavy atom. The van der Waals surface area contributed by atoms with E-state index in [-0.39, 0.29) is 0 Å². The van der Waals surface area contributed by atoms with Crippen LogP contribution in [0.5, 0.6) is 0 Å². The van der Waals surface area contributed by atoms with Crippen molar-refractivity contribution in [1.29, 1.82) is 0 Å². The summed E-state index contributed by atoms with van der Waals surface area (Å²) in [6, 6.07) is 9.85. The molecule has 1 aromatic carbocycles. The Hall–Kier alpha value is -1.79. The number of hydrogen-bond acceptors (Lipinski definition) is 5. The maximum Gasteiger partial charge on any atom is 0.246 e. The Bertz CT molecular complexity index is 776. The van der Waals surface area contributed by atoms with Crippen LogP contribution in [-0.2, 0) is 5.54 Å². The minimum atomic E-state index is -0.672. The first kappa shape index (κ1) is 13.2. The summed E-state index contributed by atoms with van der Waals surface area (Å²) in [5.74, 6) is 0.811. The van der Waals surface area contributed by atoms with Crippen molar-refractivity contribution in [2.75, 3.05) is 0 Å². The van der Waals surface area contributed by atoms with Crippen molar-refractivity contribution in [3.8, 4) is 11.5 Å². The lowest BCUT2D eigenvalue weighted by Crippen LogP contribution is -2.28. The molecule has 0 saturated carbocycles. The maximum absolute atomic E-state index is 5.95. The molecule has 0 saturated heterocycles. The summed E-state index contributed by atoms with van der Waals surface area (Å²) in [7, 11) is 0. The van der Waals surface area contributed by atoms with Crippen LogP contribution in [0.2, 0.25) is 0 Å². The molecule has 102 valence electrons. The molecule has 6 heteroatoms. The largest absolute Gasteiger partial charge is 0.337 e. The molecular formula is C14H13BrN4O. The van der Waals surface area contributed by atoms with Gasteiger partial charge in [0.05, 0.1) is 11.1 Å². The highest BCUT2D eigenvalue weighted by Gasteiger charge is 2.24. The molecule has 0 radical (unpaired) electrons. The molecular weight excluding hydrogens is 320 g/mol. The highest BCUT2D eigenvalue weighted by molar-refractivity contribution is 9.10. The third-order valence-electron chi connectivity index (χ3n) is 2.87. The summed E-state index contributed by atoms with van der Waals surface area (Å²) < 4.78 is 6.02. The summed E-state index contributed by atoms with van der Waals surface area (Å²) in [6.45, 7) is 3.63. The smallest absolute Gasteiger partial charge is 0.246 e. The fourth-order valence-corrected chi connectivity index (χ4v) is 2.34. The fraction of sp³-hybridized carbons (Fsp3) is 0.214. The molecule has 3 aromatic rings. The summed E-state index contributed by atoms with van der Waals surface area (Å²) in [4.78, 5) is 8.89. The van der Waals surface area contributed by atoms with Gasteiger partial charge in [0.25, 0.3) is 0 Å². The minimum Gasteiger partial charge on any atom is -0.337 e. The van der Waals surface area contributed by atoms with E-state index in [1.807, 2.05) is 44.2 Å². The van der Waals surface area contributed by atoms with E-state index in [1.54, 1.807) is 0 Å². The number of nitrogens with zero attached hydrogens (tertiary/aromatic N) is 3. The first-order chi connectivity index (χ1) is 9.45. The lowest BCUT2D eigenvalue weighted by molar-refractivity contribution is 0.312. The maximum atomic E-state index is 5.95. The lowest BCUT2D eigenvalue weighted by Gasteiger charge is -2.10. The number of halogens is 1. The van der Waals surface area contributed by atoms with Gasteiger partial charge in [0.1, 0.15) is 5.69 Å². The monoisotopic (exact) mass is 332 g/mol. The molecule has 0 aliphatic carbocycles. The Labute approximate surface area is 124 Å². The molecule has 0 unspecified atom stereocenters. The predicted octanol–water partition coefficient (Wildman–Crippen LogP) is 3.24. The van der Waals surface area contributed by atoms with Crippen molar-refractivity contribution >= 4 is 26.8 Å². The zero-order valence-electron chi connectivity index (χ0n) is 11.1. The number of rotatable bonds is 2. The van der Waals surface area contributed by atoms with Gasteiger partial charge in [-0.2, -0.15) is 4.98 Å². The Kier molecular flexibility index (Phi) is 3.07. The van der Waals surface area contributed by atoms with Crippen LogP contribution in [0, 0.1) is 0 Å². The molecule has 0 fully saturated rings. The van der Waals surface area contributed by atoms with Gasteiger partial charge >= 0.3 is 0 Å². The van der Waals surface area contributed by atoms with Gasteiger partial charge in [-0.25, -0.2) is 4.98 Å². The highest BCUT2D eigenvalue weighted by atomic mass is 79.9. The van der Waals surface area contributed by atoms with Crippen LogP contribution in [0.25, 0.3) is 22.4 Å². The van der Waals surface area contributed by atoms with Crippen molar-refractivity contribution < 1.29 is 4.52 Å². The predicted molar refractivity (Wildman–Crippen MR) is 79.9 cm³/mol. The molecule has 0 atom stereocenters. The average molecular weight is 333 g/mol. The van der Waals surface area contributed by atoms with E-state index >= 15 is 0 Å². The van der Waals surface area contributed by atoms with Crippen LogP contribution in [0.4, 0.5) is 0 Å². The average Bonchev–Trinajstić information content (AvgIpc) is 2.87. The Balaban J connectivity index is 2.14. The number of para-hydroxylation sites is 1. The van der Waals surface area contributed by atoms with Crippen molar-refractivity contribution in [3.05, 3.63) is 40.7 Å². The van der Waals surface area contributed by atoms with Gasteiger partial charge < -0.3 is 10.3 Å². The van der Waals surface area contributed by atoms with E-state index in [9.17, 15) is 0 Å². The fourth-order valence-electron chi connectivity index (χ4n) is 1.83. The van der Waals surface area contributed by atoms with Crippen LogP contribution in [0.15, 0.2) is 39.3 Å². The molecule has 20 heavy (non-hydrogen) atoms. The van der Waals surface area contributed by atoms with Crippen LogP contribution in [0.1, 0.15) is 19.7 Å². The van der Waals surface area contributed by atoms with Gasteiger partial charge in [-0.15, -0.1) is 0 Å². The molecule has 0 bridgehead atoms. The topological polar surface area (TPSA) is 77.8 Å². The Morgan fingerprint density at radius 2 is 1.95 bits per heavy atom. The summed E-state index contributed by atoms with van der Waals surface area (Å²) in [6.07, 6.45) is 0. The van der Waals surface area contributed by atoms with E-state index in [2.05, 4.69) is 31.1 Å². The minimum absolute atomic E-state index is 0.384. The van der Waals surface area contributed by atoms with E-state index < -0.39 is 5.54 Å². The number of aromatic nitrogens is 3. The van der Waals surface area contributed by atoms with E-state index in [4.69, 9.17) is 10.3 Å². The van der Waals surface area contributed by atoms with Gasteiger partial charge in [0.2, 0.25) is 11.7 Å².